The van der Waals surface area contributed by atoms with Gasteiger partial charge in [-0.2, -0.15) is 4.57 Å². The minimum atomic E-state index is -0.566. The predicted octanol–water partition coefficient (Wildman–Crippen LogP) is 2.89. The summed E-state index contributed by atoms with van der Waals surface area (Å²) in [6.45, 7) is 3.42. The molecule has 0 saturated carbocycles. The molecule has 4 rings (SSSR count). The monoisotopic (exact) mass is 366 g/mol. The van der Waals surface area contributed by atoms with E-state index >= 15 is 0 Å². The lowest BCUT2D eigenvalue weighted by atomic mass is 10.0. The first-order valence-corrected chi connectivity index (χ1v) is 8.72. The zero-order chi connectivity index (χ0) is 19.1. The quantitative estimate of drug-likeness (QED) is 0.548. The number of aromatic nitrogens is 1. The number of pyridine rings is 1. The summed E-state index contributed by atoms with van der Waals surface area (Å²) in [6.07, 6.45) is 3.52. The molecule has 3 aromatic rings. The molecule has 1 unspecified atom stereocenters. The lowest BCUT2D eigenvalue weighted by Crippen LogP contribution is -2.40. The molecule has 6 heteroatoms. The van der Waals surface area contributed by atoms with Gasteiger partial charge in [-0.3, -0.25) is 4.79 Å². The van der Waals surface area contributed by atoms with Crippen molar-refractivity contribution in [1.82, 2.24) is 0 Å². The molecule has 6 nitrogen and oxygen atoms in total. The third-order valence-electron chi connectivity index (χ3n) is 4.76. The minimum absolute atomic E-state index is 0.0501. The number of aryl methyl sites for hydroxylation is 2. The molecule has 2 N–H and O–H groups in total. The fourth-order valence-corrected chi connectivity index (χ4v) is 3.43. The van der Waals surface area contributed by atoms with Crippen molar-refractivity contribution in [3.8, 4) is 5.75 Å². The molecule has 1 aliphatic heterocycles. The molecule has 27 heavy (non-hydrogen) atoms. The predicted molar refractivity (Wildman–Crippen MR) is 96.4 cm³/mol. The van der Waals surface area contributed by atoms with Gasteiger partial charge >= 0.3 is 0 Å². The second-order valence-corrected chi connectivity index (χ2v) is 6.74. The van der Waals surface area contributed by atoms with E-state index in [1.807, 2.05) is 32.0 Å². The first-order valence-electron chi connectivity index (χ1n) is 8.72. The number of carbonyl (C=O) groups excluding carboxylic acids is 1. The van der Waals surface area contributed by atoms with E-state index in [1.165, 1.54) is 6.20 Å². The maximum absolute atomic E-state index is 13.0. The second-order valence-electron chi connectivity index (χ2n) is 6.74. The number of hydrogen-bond acceptors (Lipinski definition) is 5. The Labute approximate surface area is 156 Å². The Morgan fingerprint density at radius 1 is 1.15 bits per heavy atom. The number of furan rings is 2. The molecular formula is C21H20NO5+. The van der Waals surface area contributed by atoms with Crippen molar-refractivity contribution in [2.45, 2.75) is 26.3 Å². The fraction of sp³-hybridized carbons (Fsp3) is 0.238. The minimum Gasteiger partial charge on any atom is -0.503 e. The molecule has 0 fully saturated rings. The van der Waals surface area contributed by atoms with Crippen LogP contribution in [0.25, 0.3) is 6.08 Å². The summed E-state index contributed by atoms with van der Waals surface area (Å²) in [5.41, 5.74) is 1.44. The lowest BCUT2D eigenvalue weighted by molar-refractivity contribution is -0.710. The smallest absolute Gasteiger partial charge is 0.259 e. The van der Waals surface area contributed by atoms with Gasteiger partial charge in [0.2, 0.25) is 12.2 Å². The Balaban J connectivity index is 1.74. The molecule has 0 bridgehead atoms. The summed E-state index contributed by atoms with van der Waals surface area (Å²) in [7, 11) is 0. The molecule has 4 heterocycles. The van der Waals surface area contributed by atoms with E-state index in [0.717, 1.165) is 11.5 Å². The number of nitrogens with zero attached hydrogens (tertiary/aromatic N) is 1. The van der Waals surface area contributed by atoms with Crippen molar-refractivity contribution < 1.29 is 28.4 Å². The van der Waals surface area contributed by atoms with Crippen LogP contribution in [0.4, 0.5) is 0 Å². The van der Waals surface area contributed by atoms with E-state index in [4.69, 9.17) is 8.83 Å². The van der Waals surface area contributed by atoms with Gasteiger partial charge in [0.15, 0.2) is 5.75 Å². The number of ketones is 1. The number of hydrogen-bond donors (Lipinski definition) is 2. The highest BCUT2D eigenvalue weighted by Gasteiger charge is 2.43. The first-order chi connectivity index (χ1) is 13.0. The van der Waals surface area contributed by atoms with Gasteiger partial charge in [-0.15, -0.1) is 0 Å². The van der Waals surface area contributed by atoms with Crippen LogP contribution in [0.1, 0.15) is 45.1 Å². The molecule has 0 amide bonds. The van der Waals surface area contributed by atoms with Crippen molar-refractivity contribution in [3.05, 3.63) is 76.4 Å². The molecule has 0 saturated heterocycles. The highest BCUT2D eigenvalue weighted by atomic mass is 16.3. The highest BCUT2D eigenvalue weighted by Crippen LogP contribution is 2.30. The van der Waals surface area contributed by atoms with Crippen LogP contribution in [0, 0.1) is 13.8 Å². The van der Waals surface area contributed by atoms with E-state index < -0.39 is 6.04 Å². The normalized spacial score (nSPS) is 17.7. The number of Topliss-reactive ketones (excluding diaryl/α,β-unsaturated/α-hetero) is 1. The van der Waals surface area contributed by atoms with Gasteiger partial charge in [-0.25, -0.2) is 0 Å². The molecule has 1 aliphatic rings. The zero-order valence-corrected chi connectivity index (χ0v) is 15.1. The van der Waals surface area contributed by atoms with Crippen LogP contribution in [-0.2, 0) is 6.42 Å². The lowest BCUT2D eigenvalue weighted by Gasteiger charge is -2.06. The van der Waals surface area contributed by atoms with Crippen LogP contribution >= 0.6 is 0 Å². The number of rotatable bonds is 4. The van der Waals surface area contributed by atoms with E-state index in [2.05, 4.69) is 0 Å². The van der Waals surface area contributed by atoms with E-state index in [-0.39, 0.29) is 18.1 Å². The van der Waals surface area contributed by atoms with Crippen molar-refractivity contribution in [2.24, 2.45) is 0 Å². The number of aliphatic hydroxyl groups excluding tert-OH is 1. The third-order valence-corrected chi connectivity index (χ3v) is 4.76. The van der Waals surface area contributed by atoms with Gasteiger partial charge in [0.1, 0.15) is 29.6 Å². The van der Waals surface area contributed by atoms with Crippen LogP contribution in [-0.4, -0.2) is 22.6 Å². The van der Waals surface area contributed by atoms with Gasteiger partial charge in [0, 0.05) is 18.1 Å². The molecule has 0 aromatic carbocycles. The Hall–Kier alpha value is -3.12. The molecule has 3 aromatic heterocycles. The van der Waals surface area contributed by atoms with Gasteiger partial charge in [0.25, 0.3) is 11.5 Å². The van der Waals surface area contributed by atoms with Gasteiger partial charge < -0.3 is 19.0 Å². The van der Waals surface area contributed by atoms with Gasteiger partial charge in [-0.05, 0) is 44.2 Å². The number of aromatic hydroxyl groups is 1. The van der Waals surface area contributed by atoms with Crippen LogP contribution < -0.4 is 4.57 Å². The van der Waals surface area contributed by atoms with Gasteiger partial charge in [0.05, 0.1) is 5.57 Å². The van der Waals surface area contributed by atoms with Crippen molar-refractivity contribution in [1.29, 1.82) is 0 Å². The average molecular weight is 366 g/mol. The maximum Gasteiger partial charge on any atom is 0.259 e. The van der Waals surface area contributed by atoms with Crippen molar-refractivity contribution >= 4 is 11.9 Å². The van der Waals surface area contributed by atoms with Crippen LogP contribution in [0.2, 0.25) is 0 Å². The molecule has 138 valence electrons. The third kappa shape index (κ3) is 3.08. The summed E-state index contributed by atoms with van der Waals surface area (Å²) in [6, 6.07) is 8.39. The molecule has 0 spiro atoms. The number of carbonyl (C=O) groups is 1. The van der Waals surface area contributed by atoms with E-state index in [1.54, 1.807) is 22.8 Å². The molecule has 1 atom stereocenters. The fourth-order valence-electron chi connectivity index (χ4n) is 3.43. The van der Waals surface area contributed by atoms with E-state index in [0.29, 0.717) is 34.8 Å². The molecular weight excluding hydrogens is 346 g/mol. The largest absolute Gasteiger partial charge is 0.503 e. The zero-order valence-electron chi connectivity index (χ0n) is 15.1. The second kappa shape index (κ2) is 6.55. The van der Waals surface area contributed by atoms with Crippen molar-refractivity contribution in [2.75, 3.05) is 6.61 Å². The number of fused-ring (bicyclic) bond motifs is 1. The summed E-state index contributed by atoms with van der Waals surface area (Å²) in [5, 5.41) is 20.3. The summed E-state index contributed by atoms with van der Waals surface area (Å²) < 4.78 is 12.7. The van der Waals surface area contributed by atoms with Gasteiger partial charge in [-0.1, -0.05) is 0 Å². The summed E-state index contributed by atoms with van der Waals surface area (Å²) in [4.78, 5) is 13.0. The van der Waals surface area contributed by atoms with Crippen LogP contribution in [0.5, 0.6) is 5.75 Å². The Kier molecular flexibility index (Phi) is 4.20. The summed E-state index contributed by atoms with van der Waals surface area (Å²) >= 11 is 0. The van der Waals surface area contributed by atoms with Crippen LogP contribution in [0.15, 0.2) is 50.9 Å². The first kappa shape index (κ1) is 17.3. The van der Waals surface area contributed by atoms with E-state index in [9.17, 15) is 15.0 Å². The Morgan fingerprint density at radius 3 is 2.52 bits per heavy atom. The Morgan fingerprint density at radius 2 is 1.89 bits per heavy atom. The van der Waals surface area contributed by atoms with Crippen LogP contribution in [0.3, 0.4) is 0 Å². The molecule has 0 aliphatic carbocycles. The molecule has 0 radical (unpaired) electrons. The van der Waals surface area contributed by atoms with Crippen molar-refractivity contribution in [3.63, 3.8) is 0 Å². The number of aliphatic hydroxyl groups is 1. The maximum atomic E-state index is 13.0. The SMILES string of the molecule is Cc1ccc(/C=C2/C(=O)c3cc(Cc4ccc(C)o4)c(O)c[n+]3C2CO)o1. The summed E-state index contributed by atoms with van der Waals surface area (Å²) in [5.74, 6) is 2.65. The average Bonchev–Trinajstić information content (AvgIpc) is 3.29. The topological polar surface area (TPSA) is 87.7 Å². The highest BCUT2D eigenvalue weighted by molar-refractivity contribution is 6.11. The Bertz CT molecular complexity index is 1060. The standard InChI is InChI=1S/C21H19NO5/c1-12-3-5-15(26-12)7-14-8-18-21(25)17(9-16-6-4-13(2)27-16)19(11-23)22(18)10-20(14)24/h3-6,8-10,19,23H,7,11H2,1-2H3/p+1/b17-9+.